The summed E-state index contributed by atoms with van der Waals surface area (Å²) in [5, 5.41) is 26.1. The van der Waals surface area contributed by atoms with Crippen molar-refractivity contribution < 1.29 is 23.8 Å². The molecular formula is C36H45FN8O4. The van der Waals surface area contributed by atoms with Gasteiger partial charge in [0.15, 0.2) is 12.0 Å². The summed E-state index contributed by atoms with van der Waals surface area (Å²) in [6.45, 7) is 8.48. The minimum atomic E-state index is -1.41. The number of aromatic nitrogens is 3. The van der Waals surface area contributed by atoms with Crippen molar-refractivity contribution in [2.75, 3.05) is 51.2 Å². The molecule has 0 bridgehead atoms. The van der Waals surface area contributed by atoms with E-state index in [1.807, 2.05) is 36.4 Å². The van der Waals surface area contributed by atoms with Gasteiger partial charge in [-0.05, 0) is 56.2 Å². The zero-order valence-electron chi connectivity index (χ0n) is 28.1. The number of terminal acetylenes is 1. The molecule has 2 aromatic rings. The van der Waals surface area contributed by atoms with E-state index < -0.39 is 24.3 Å². The van der Waals surface area contributed by atoms with Crippen molar-refractivity contribution in [2.24, 2.45) is 0 Å². The van der Waals surface area contributed by atoms with Crippen LogP contribution >= 0.6 is 0 Å². The third-order valence-corrected chi connectivity index (χ3v) is 8.08. The topological polar surface area (TPSA) is 149 Å². The fraction of sp³-hybridized carbons (Fsp3) is 0.472. The Hall–Kier alpha value is -4.82. The number of rotatable bonds is 16. The maximum atomic E-state index is 14.9. The number of nitrogens with zero attached hydrogens (tertiary/aromatic N) is 6. The Morgan fingerprint density at radius 1 is 1.24 bits per heavy atom. The molecule has 2 heterocycles. The van der Waals surface area contributed by atoms with Crippen molar-refractivity contribution in [2.45, 2.75) is 64.5 Å². The average molecular weight is 673 g/mol. The smallest absolute Gasteiger partial charge is 0.251 e. The first-order chi connectivity index (χ1) is 23.8. The van der Waals surface area contributed by atoms with E-state index in [1.54, 1.807) is 6.08 Å². The number of piperidine rings is 1. The van der Waals surface area contributed by atoms with E-state index in [9.17, 15) is 19.6 Å². The number of likely N-dealkylation sites (tertiary alicyclic amines) is 1. The molecule has 1 aliphatic heterocycles. The number of anilines is 2. The maximum absolute atomic E-state index is 14.9. The van der Waals surface area contributed by atoms with Gasteiger partial charge in [0, 0.05) is 62.4 Å². The van der Waals surface area contributed by atoms with Gasteiger partial charge in [0.2, 0.25) is 5.95 Å². The predicted octanol–water partition coefficient (Wildman–Crippen LogP) is 3.87. The van der Waals surface area contributed by atoms with Crippen molar-refractivity contribution in [3.05, 3.63) is 71.5 Å². The summed E-state index contributed by atoms with van der Waals surface area (Å²) in [5.74, 6) is 0.769. The molecule has 1 saturated heterocycles. The van der Waals surface area contributed by atoms with Crippen LogP contribution in [0.4, 0.5) is 16.0 Å². The van der Waals surface area contributed by atoms with Gasteiger partial charge in [-0.15, -0.1) is 0 Å². The molecule has 0 unspecified atom stereocenters. The van der Waals surface area contributed by atoms with E-state index in [1.165, 1.54) is 18.2 Å². The highest BCUT2D eigenvalue weighted by Gasteiger charge is 2.34. The average Bonchev–Trinajstić information content (AvgIpc) is 3.09. The number of carbonyl (C=O) groups is 1. The highest BCUT2D eigenvalue weighted by Crippen LogP contribution is 2.27. The fourth-order valence-electron chi connectivity index (χ4n) is 5.55. The van der Waals surface area contributed by atoms with Crippen LogP contribution in [-0.4, -0.2) is 100 Å². The molecule has 1 aromatic carbocycles. The van der Waals surface area contributed by atoms with Gasteiger partial charge in [0.1, 0.15) is 31.2 Å². The number of alkyl halides is 1. The lowest BCUT2D eigenvalue weighted by Gasteiger charge is -2.35. The number of ether oxygens (including phenoxy) is 2. The quantitative estimate of drug-likeness (QED) is 0.176. The Kier molecular flexibility index (Phi) is 14.5. The number of halogens is 1. The second-order valence-electron chi connectivity index (χ2n) is 11.9. The maximum Gasteiger partial charge on any atom is 0.251 e. The molecule has 1 aliphatic carbocycles. The number of nitrogens with one attached hydrogen (secondary N) is 2. The van der Waals surface area contributed by atoms with E-state index in [2.05, 4.69) is 49.6 Å². The summed E-state index contributed by atoms with van der Waals surface area (Å²) in [5.41, 5.74) is 3.03. The van der Waals surface area contributed by atoms with Gasteiger partial charge in [-0.25, -0.2) is 14.4 Å². The predicted molar refractivity (Wildman–Crippen MR) is 184 cm³/mol. The summed E-state index contributed by atoms with van der Waals surface area (Å²) in [7, 11) is 0. The number of hydrogen-bond acceptors (Lipinski definition) is 11. The second-order valence-corrected chi connectivity index (χ2v) is 11.9. The minimum absolute atomic E-state index is 0.145. The Morgan fingerprint density at radius 2 is 2.06 bits per heavy atom. The van der Waals surface area contributed by atoms with Crippen LogP contribution in [0.25, 0.3) is 5.57 Å². The zero-order chi connectivity index (χ0) is 35.0. The van der Waals surface area contributed by atoms with Crippen LogP contribution < -0.4 is 10.6 Å². The fourth-order valence-corrected chi connectivity index (χ4v) is 5.55. The first kappa shape index (κ1) is 37.0. The molecular weight excluding hydrogens is 627 g/mol. The van der Waals surface area contributed by atoms with Crippen LogP contribution in [0.15, 0.2) is 60.2 Å². The monoisotopic (exact) mass is 672 g/mol. The molecule has 0 radical (unpaired) electrons. The third kappa shape index (κ3) is 11.7. The summed E-state index contributed by atoms with van der Waals surface area (Å²) in [4.78, 5) is 28.9. The van der Waals surface area contributed by atoms with Gasteiger partial charge in [-0.3, -0.25) is 9.69 Å². The van der Waals surface area contributed by atoms with Crippen LogP contribution in [0.5, 0.6) is 0 Å². The van der Waals surface area contributed by atoms with Crippen molar-refractivity contribution >= 4 is 23.1 Å². The highest BCUT2D eigenvalue weighted by molar-refractivity contribution is 5.80. The van der Waals surface area contributed by atoms with Crippen LogP contribution in [0.3, 0.4) is 0 Å². The second kappa shape index (κ2) is 19.2. The number of nitriles is 1. The van der Waals surface area contributed by atoms with Crippen LogP contribution in [0.1, 0.15) is 50.9 Å². The number of carbonyl (C=O) groups excluding carboxylic acids is 1. The van der Waals surface area contributed by atoms with Gasteiger partial charge in [0.05, 0.1) is 18.4 Å². The van der Waals surface area contributed by atoms with E-state index in [0.29, 0.717) is 41.7 Å². The van der Waals surface area contributed by atoms with Gasteiger partial charge in [-0.1, -0.05) is 31.6 Å². The van der Waals surface area contributed by atoms with Gasteiger partial charge in [0.25, 0.3) is 5.91 Å². The molecule has 260 valence electrons. The standard InChI is InChI=1S/C36H45FN8O4/c1-4-15-44(18-19-48-5-2)17-14-39-23-27-9-11-30(12-10-27)42-36-41-25-40-34(43-36)29-7-6-8-31(21-28(20-29)22-38)49-33-13-16-45(24-32(33)37)35(47)26(3)46/h2,7-12,20,25-26,32-33,39,46H,4,6,13-19,21,23-24H2,1,3H3,(H,40,41,42,43)/b28-20?,29-7?,31-8+/t26-,32+,33-/m0/s1. The van der Waals surface area contributed by atoms with Crippen LogP contribution in [0.2, 0.25) is 0 Å². The minimum Gasteiger partial charge on any atom is -0.492 e. The Morgan fingerprint density at radius 3 is 2.78 bits per heavy atom. The van der Waals surface area contributed by atoms with Crippen LogP contribution in [0, 0.1) is 23.9 Å². The van der Waals surface area contributed by atoms with Crippen molar-refractivity contribution in [1.29, 1.82) is 5.26 Å². The van der Waals surface area contributed by atoms with E-state index >= 15 is 0 Å². The van der Waals surface area contributed by atoms with Crippen LogP contribution in [-0.2, 0) is 20.8 Å². The number of amides is 1. The first-order valence-corrected chi connectivity index (χ1v) is 16.6. The number of hydrogen-bond donors (Lipinski definition) is 3. The number of allylic oxidation sites excluding steroid dienone is 5. The van der Waals surface area contributed by atoms with Crippen molar-refractivity contribution in [1.82, 2.24) is 30.1 Å². The lowest BCUT2D eigenvalue weighted by molar-refractivity contribution is -0.144. The van der Waals surface area contributed by atoms with Crippen molar-refractivity contribution in [3.8, 4) is 18.6 Å². The Labute approximate surface area is 287 Å². The molecule has 0 spiro atoms. The molecule has 3 atom stereocenters. The molecule has 2 aliphatic rings. The summed E-state index contributed by atoms with van der Waals surface area (Å²) in [6, 6.07) is 10.2. The normalized spacial score (nSPS) is 19.6. The molecule has 0 saturated carbocycles. The zero-order valence-corrected chi connectivity index (χ0v) is 28.1. The molecule has 13 heteroatoms. The largest absolute Gasteiger partial charge is 0.492 e. The summed E-state index contributed by atoms with van der Waals surface area (Å²) >= 11 is 0. The lowest BCUT2D eigenvalue weighted by atomic mass is 10.0. The molecule has 1 aromatic heterocycles. The molecule has 1 amide bonds. The number of aliphatic hydroxyl groups excluding tert-OH is 1. The SMILES string of the molecule is C#COCCN(CCC)CCNCc1ccc(Nc2ncnc(C3=CC/C=C(/O[C@H]4CCN(C(=O)[C@H](C)O)C[C@H]4F)CC(C#N)=C3)n2)cc1. The summed E-state index contributed by atoms with van der Waals surface area (Å²) in [6.07, 6.45) is 12.9. The molecule has 1 fully saturated rings. The molecule has 49 heavy (non-hydrogen) atoms. The summed E-state index contributed by atoms with van der Waals surface area (Å²) < 4.78 is 26.0. The van der Waals surface area contributed by atoms with Crippen molar-refractivity contribution in [3.63, 3.8) is 0 Å². The van der Waals surface area contributed by atoms with E-state index in [0.717, 1.165) is 50.4 Å². The molecule has 12 nitrogen and oxygen atoms in total. The lowest BCUT2D eigenvalue weighted by Crippen LogP contribution is -2.50. The molecule has 3 N–H and O–H groups in total. The Bertz CT molecular complexity index is 1560. The molecule has 4 rings (SSSR count). The van der Waals surface area contributed by atoms with Gasteiger partial charge >= 0.3 is 0 Å². The number of benzene rings is 1. The van der Waals surface area contributed by atoms with Gasteiger partial charge in [-0.2, -0.15) is 10.2 Å². The van der Waals surface area contributed by atoms with E-state index in [4.69, 9.17) is 15.9 Å². The van der Waals surface area contributed by atoms with Gasteiger partial charge < -0.3 is 30.1 Å². The first-order valence-electron chi connectivity index (χ1n) is 16.6. The van der Waals surface area contributed by atoms with E-state index in [-0.39, 0.29) is 25.9 Å². The number of aliphatic hydroxyl groups is 1. The highest BCUT2D eigenvalue weighted by atomic mass is 19.1. The Balaban J connectivity index is 1.31. The third-order valence-electron chi connectivity index (χ3n) is 8.08.